The minimum Gasteiger partial charge on any atom is -0.385 e. The molecule has 0 aliphatic heterocycles. The van der Waals surface area contributed by atoms with Gasteiger partial charge in [0.1, 0.15) is 6.54 Å². The summed E-state index contributed by atoms with van der Waals surface area (Å²) in [5.74, 6) is -0.259. The fourth-order valence-electron chi connectivity index (χ4n) is 3.39. The van der Waals surface area contributed by atoms with Gasteiger partial charge >= 0.3 is 0 Å². The van der Waals surface area contributed by atoms with Gasteiger partial charge in [0.05, 0.1) is 6.54 Å². The Balaban J connectivity index is 1.73. The van der Waals surface area contributed by atoms with Crippen LogP contribution in [-0.4, -0.2) is 48.4 Å². The number of thiophene rings is 1. The van der Waals surface area contributed by atoms with E-state index in [1.54, 1.807) is 29.4 Å². The van der Waals surface area contributed by atoms with E-state index in [1.165, 1.54) is 6.08 Å². The van der Waals surface area contributed by atoms with Crippen LogP contribution in [0.5, 0.6) is 0 Å². The molecule has 5 nitrogen and oxygen atoms in total. The van der Waals surface area contributed by atoms with Gasteiger partial charge in [-0.3, -0.25) is 9.59 Å². The van der Waals surface area contributed by atoms with Gasteiger partial charge in [-0.05, 0) is 35.1 Å². The zero-order chi connectivity index (χ0) is 23.3. The van der Waals surface area contributed by atoms with Crippen LogP contribution in [0.25, 0.3) is 6.08 Å². The van der Waals surface area contributed by atoms with E-state index in [4.69, 9.17) is 4.74 Å². The summed E-state index contributed by atoms with van der Waals surface area (Å²) in [6.45, 7) is 2.03. The van der Waals surface area contributed by atoms with E-state index in [-0.39, 0.29) is 18.4 Å². The lowest BCUT2D eigenvalue weighted by Crippen LogP contribution is -2.42. The molecule has 172 valence electrons. The van der Waals surface area contributed by atoms with Crippen LogP contribution in [0.15, 0.2) is 84.3 Å². The van der Waals surface area contributed by atoms with E-state index >= 15 is 0 Å². The van der Waals surface area contributed by atoms with Crippen LogP contribution in [0.2, 0.25) is 0 Å². The molecule has 33 heavy (non-hydrogen) atoms. The fourth-order valence-corrected chi connectivity index (χ4v) is 4.11. The lowest BCUT2D eigenvalue weighted by Gasteiger charge is -2.27. The Bertz CT molecular complexity index is 1000. The van der Waals surface area contributed by atoms with Crippen LogP contribution >= 0.6 is 11.3 Å². The number of benzene rings is 2. The summed E-state index contributed by atoms with van der Waals surface area (Å²) < 4.78 is 5.15. The van der Waals surface area contributed by atoms with Crippen molar-refractivity contribution in [2.75, 3.05) is 26.8 Å². The van der Waals surface area contributed by atoms with Gasteiger partial charge in [0.2, 0.25) is 11.8 Å². The highest BCUT2D eigenvalue weighted by molar-refractivity contribution is 7.09. The van der Waals surface area contributed by atoms with E-state index in [1.807, 2.05) is 83.1 Å². The maximum Gasteiger partial charge on any atom is 0.247 e. The van der Waals surface area contributed by atoms with Crippen molar-refractivity contribution in [1.29, 1.82) is 0 Å². The SMILES string of the molecule is COCCCN(CC(=O)N(Cc1ccccc1)Cc1cccs1)C(=O)/C=C/c1ccccc1. The molecule has 3 aromatic rings. The maximum absolute atomic E-state index is 13.4. The summed E-state index contributed by atoms with van der Waals surface area (Å²) in [4.78, 5) is 30.9. The van der Waals surface area contributed by atoms with Crippen molar-refractivity contribution in [2.24, 2.45) is 0 Å². The second-order valence-electron chi connectivity index (χ2n) is 7.66. The molecule has 0 atom stereocenters. The molecule has 2 amide bonds. The molecule has 0 fully saturated rings. The van der Waals surface area contributed by atoms with E-state index < -0.39 is 0 Å². The zero-order valence-electron chi connectivity index (χ0n) is 18.9. The minimum absolute atomic E-state index is 0.0277. The maximum atomic E-state index is 13.4. The number of hydrogen-bond acceptors (Lipinski definition) is 4. The standard InChI is InChI=1S/C27H30N2O3S/c1-32-18-9-17-28(26(30)16-15-23-10-4-2-5-11-23)22-27(31)29(21-25-14-8-19-33-25)20-24-12-6-3-7-13-24/h2-8,10-16,19H,9,17-18,20-22H2,1H3/b16-15+. The molecule has 0 bridgehead atoms. The van der Waals surface area contributed by atoms with Gasteiger partial charge in [-0.2, -0.15) is 0 Å². The Hall–Kier alpha value is -3.22. The van der Waals surface area contributed by atoms with E-state index in [2.05, 4.69) is 0 Å². The van der Waals surface area contributed by atoms with Crippen LogP contribution in [0.4, 0.5) is 0 Å². The van der Waals surface area contributed by atoms with Crippen molar-refractivity contribution < 1.29 is 14.3 Å². The number of methoxy groups -OCH3 is 1. The number of carbonyl (C=O) groups excluding carboxylic acids is 2. The highest BCUT2D eigenvalue weighted by Gasteiger charge is 2.21. The summed E-state index contributed by atoms with van der Waals surface area (Å²) in [5, 5.41) is 2.01. The molecule has 0 N–H and O–H groups in total. The normalized spacial score (nSPS) is 10.9. The van der Waals surface area contributed by atoms with E-state index in [0.29, 0.717) is 32.7 Å². The average Bonchev–Trinajstić information content (AvgIpc) is 3.36. The number of amides is 2. The highest BCUT2D eigenvalue weighted by atomic mass is 32.1. The third-order valence-corrected chi connectivity index (χ3v) is 5.99. The molecule has 0 radical (unpaired) electrons. The lowest BCUT2D eigenvalue weighted by molar-refractivity contribution is -0.139. The Kier molecular flexibility index (Phi) is 9.88. The first-order valence-corrected chi connectivity index (χ1v) is 11.9. The summed E-state index contributed by atoms with van der Waals surface area (Å²) in [6, 6.07) is 23.6. The molecule has 0 spiro atoms. The van der Waals surface area contributed by atoms with Crippen molar-refractivity contribution in [2.45, 2.75) is 19.5 Å². The van der Waals surface area contributed by atoms with Gasteiger partial charge in [-0.1, -0.05) is 66.7 Å². The van der Waals surface area contributed by atoms with Gasteiger partial charge in [0, 0.05) is 37.8 Å². The van der Waals surface area contributed by atoms with Crippen molar-refractivity contribution >= 4 is 29.2 Å². The summed E-state index contributed by atoms with van der Waals surface area (Å²) in [7, 11) is 1.63. The largest absolute Gasteiger partial charge is 0.385 e. The highest BCUT2D eigenvalue weighted by Crippen LogP contribution is 2.15. The summed E-state index contributed by atoms with van der Waals surface area (Å²) in [5.41, 5.74) is 2.00. The number of hydrogen-bond donors (Lipinski definition) is 0. The topological polar surface area (TPSA) is 49.9 Å². The Morgan fingerprint density at radius 3 is 2.30 bits per heavy atom. The first-order valence-electron chi connectivity index (χ1n) is 11.0. The fraction of sp³-hybridized carbons (Fsp3) is 0.259. The van der Waals surface area contributed by atoms with Crippen LogP contribution in [-0.2, 0) is 27.4 Å². The van der Waals surface area contributed by atoms with Crippen molar-refractivity contribution in [1.82, 2.24) is 9.80 Å². The average molecular weight is 463 g/mol. The van der Waals surface area contributed by atoms with E-state index in [9.17, 15) is 9.59 Å². The molecule has 0 aliphatic carbocycles. The second kappa shape index (κ2) is 13.4. The number of rotatable bonds is 12. The molecular formula is C27H30N2O3S. The number of ether oxygens (including phenoxy) is 1. The first-order chi connectivity index (χ1) is 16.2. The van der Waals surface area contributed by atoms with Gasteiger partial charge in [0.15, 0.2) is 0 Å². The smallest absolute Gasteiger partial charge is 0.247 e. The first kappa shape index (κ1) is 24.4. The molecule has 6 heteroatoms. The molecular weight excluding hydrogens is 432 g/mol. The van der Waals surface area contributed by atoms with Gasteiger partial charge < -0.3 is 14.5 Å². The third kappa shape index (κ3) is 8.33. The lowest BCUT2D eigenvalue weighted by atomic mass is 10.2. The Labute approximate surface area is 199 Å². The molecule has 0 saturated carbocycles. The molecule has 3 rings (SSSR count). The predicted octanol–water partition coefficient (Wildman–Crippen LogP) is 4.86. The van der Waals surface area contributed by atoms with Crippen LogP contribution in [0.1, 0.15) is 22.4 Å². The van der Waals surface area contributed by atoms with Gasteiger partial charge in [-0.25, -0.2) is 0 Å². The Morgan fingerprint density at radius 2 is 1.64 bits per heavy atom. The molecule has 1 aromatic heterocycles. The van der Waals surface area contributed by atoms with Crippen LogP contribution < -0.4 is 0 Å². The van der Waals surface area contributed by atoms with Crippen molar-refractivity contribution in [3.05, 3.63) is 100 Å². The van der Waals surface area contributed by atoms with Crippen LogP contribution in [0, 0.1) is 0 Å². The summed E-state index contributed by atoms with van der Waals surface area (Å²) in [6.07, 6.45) is 3.98. The predicted molar refractivity (Wildman–Crippen MR) is 134 cm³/mol. The molecule has 0 aliphatic rings. The Morgan fingerprint density at radius 1 is 0.909 bits per heavy atom. The van der Waals surface area contributed by atoms with Crippen LogP contribution in [0.3, 0.4) is 0 Å². The monoisotopic (exact) mass is 462 g/mol. The second-order valence-corrected chi connectivity index (χ2v) is 8.70. The molecule has 1 heterocycles. The molecule has 0 unspecified atom stereocenters. The van der Waals surface area contributed by atoms with Gasteiger partial charge in [-0.15, -0.1) is 11.3 Å². The summed E-state index contributed by atoms with van der Waals surface area (Å²) >= 11 is 1.62. The van der Waals surface area contributed by atoms with E-state index in [0.717, 1.165) is 16.0 Å². The number of nitrogens with zero attached hydrogens (tertiary/aromatic N) is 2. The van der Waals surface area contributed by atoms with Crippen molar-refractivity contribution in [3.8, 4) is 0 Å². The molecule has 2 aromatic carbocycles. The minimum atomic E-state index is -0.181. The van der Waals surface area contributed by atoms with Gasteiger partial charge in [0.25, 0.3) is 0 Å². The number of carbonyl (C=O) groups is 2. The quantitative estimate of drug-likeness (QED) is 0.285. The molecule has 0 saturated heterocycles. The van der Waals surface area contributed by atoms with Crippen molar-refractivity contribution in [3.63, 3.8) is 0 Å². The third-order valence-electron chi connectivity index (χ3n) is 5.13. The zero-order valence-corrected chi connectivity index (χ0v) is 19.7.